The maximum absolute atomic E-state index is 12.2. The second kappa shape index (κ2) is 5.35. The van der Waals surface area contributed by atoms with Crippen LogP contribution in [0.2, 0.25) is 5.15 Å². The van der Waals surface area contributed by atoms with E-state index in [2.05, 4.69) is 4.98 Å². The van der Waals surface area contributed by atoms with Gasteiger partial charge in [-0.25, -0.2) is 4.79 Å². The van der Waals surface area contributed by atoms with Crippen LogP contribution in [0, 0.1) is 13.8 Å². The van der Waals surface area contributed by atoms with Crippen LogP contribution in [0.3, 0.4) is 0 Å². The van der Waals surface area contributed by atoms with E-state index < -0.39 is 5.69 Å². The van der Waals surface area contributed by atoms with Crippen LogP contribution in [0.1, 0.15) is 27.8 Å². The van der Waals surface area contributed by atoms with Crippen molar-refractivity contribution in [3.63, 3.8) is 0 Å². The molecule has 6 heteroatoms. The van der Waals surface area contributed by atoms with E-state index in [1.54, 1.807) is 11.3 Å². The first kappa shape index (κ1) is 14.1. The number of rotatable bonds is 3. The van der Waals surface area contributed by atoms with Crippen molar-refractivity contribution in [3.05, 3.63) is 52.9 Å². The van der Waals surface area contributed by atoms with Crippen molar-refractivity contribution < 1.29 is 0 Å². The number of H-pyrrole nitrogens is 1. The summed E-state index contributed by atoms with van der Waals surface area (Å²) >= 11 is 7.47. The molecule has 2 rings (SSSR count). The predicted molar refractivity (Wildman–Crippen MR) is 78.6 cm³/mol. The minimum absolute atomic E-state index is 0.146. The van der Waals surface area contributed by atoms with Gasteiger partial charge in [0.25, 0.3) is 5.56 Å². The molecule has 0 aliphatic rings. The van der Waals surface area contributed by atoms with Crippen LogP contribution < -0.4 is 11.2 Å². The van der Waals surface area contributed by atoms with Gasteiger partial charge in [-0.3, -0.25) is 14.3 Å². The monoisotopic (exact) mass is 298 g/mol. The SMILES string of the molecule is CCc1c(Cl)[nH]c(=O)n(Cc2cc(C)c(C)s2)c1=O. The van der Waals surface area contributed by atoms with Crippen LogP contribution in [-0.4, -0.2) is 9.55 Å². The van der Waals surface area contributed by atoms with Gasteiger partial charge in [0.15, 0.2) is 0 Å². The smallest absolute Gasteiger partial charge is 0.297 e. The molecule has 0 aliphatic heterocycles. The third-order valence-electron chi connectivity index (χ3n) is 3.11. The van der Waals surface area contributed by atoms with E-state index in [9.17, 15) is 9.59 Å². The van der Waals surface area contributed by atoms with Crippen molar-refractivity contribution in [2.45, 2.75) is 33.7 Å². The average molecular weight is 299 g/mol. The van der Waals surface area contributed by atoms with Gasteiger partial charge in [0.2, 0.25) is 0 Å². The maximum Gasteiger partial charge on any atom is 0.329 e. The number of aromatic amines is 1. The van der Waals surface area contributed by atoms with E-state index in [1.165, 1.54) is 15.0 Å². The van der Waals surface area contributed by atoms with Crippen LogP contribution in [0.25, 0.3) is 0 Å². The Balaban J connectivity index is 2.51. The van der Waals surface area contributed by atoms with Crippen molar-refractivity contribution in [2.75, 3.05) is 0 Å². The molecule has 4 nitrogen and oxygen atoms in total. The molecule has 0 spiro atoms. The molecule has 0 atom stereocenters. The Bertz CT molecular complexity index is 708. The standard InChI is InChI=1S/C13H15ClN2O2S/c1-4-10-11(14)15-13(18)16(12(10)17)6-9-5-7(2)8(3)19-9/h5H,4,6H2,1-3H3,(H,15,18). The van der Waals surface area contributed by atoms with Crippen molar-refractivity contribution in [3.8, 4) is 0 Å². The number of hydrogen-bond acceptors (Lipinski definition) is 3. The second-order valence-corrected chi connectivity index (χ2v) is 6.14. The fourth-order valence-electron chi connectivity index (χ4n) is 1.92. The lowest BCUT2D eigenvalue weighted by Crippen LogP contribution is -2.37. The summed E-state index contributed by atoms with van der Waals surface area (Å²) in [6, 6.07) is 2.01. The van der Waals surface area contributed by atoms with E-state index in [4.69, 9.17) is 11.6 Å². The lowest BCUT2D eigenvalue weighted by molar-refractivity contribution is 0.693. The molecule has 0 fully saturated rings. The fraction of sp³-hybridized carbons (Fsp3) is 0.385. The molecule has 0 saturated heterocycles. The van der Waals surface area contributed by atoms with Crippen LogP contribution in [0.15, 0.2) is 15.7 Å². The van der Waals surface area contributed by atoms with Gasteiger partial charge in [0, 0.05) is 9.75 Å². The van der Waals surface area contributed by atoms with E-state index in [1.807, 2.05) is 26.8 Å². The predicted octanol–water partition coefficient (Wildman–Crippen LogP) is 2.48. The molecule has 0 amide bonds. The van der Waals surface area contributed by atoms with Crippen LogP contribution >= 0.6 is 22.9 Å². The van der Waals surface area contributed by atoms with E-state index >= 15 is 0 Å². The summed E-state index contributed by atoms with van der Waals surface area (Å²) in [5.74, 6) is 0. The molecular weight excluding hydrogens is 284 g/mol. The lowest BCUT2D eigenvalue weighted by atomic mass is 10.2. The molecule has 0 aromatic carbocycles. The molecule has 0 radical (unpaired) electrons. The Hall–Kier alpha value is -1.33. The van der Waals surface area contributed by atoms with Gasteiger partial charge >= 0.3 is 5.69 Å². The first-order chi connectivity index (χ1) is 8.93. The molecular formula is C13H15ClN2O2S. The van der Waals surface area contributed by atoms with Crippen LogP contribution in [0.4, 0.5) is 0 Å². The highest BCUT2D eigenvalue weighted by Crippen LogP contribution is 2.20. The summed E-state index contributed by atoms with van der Waals surface area (Å²) in [4.78, 5) is 28.8. The summed E-state index contributed by atoms with van der Waals surface area (Å²) in [6.07, 6.45) is 0.497. The van der Waals surface area contributed by atoms with Crippen molar-refractivity contribution >= 4 is 22.9 Å². The van der Waals surface area contributed by atoms with Gasteiger partial charge < -0.3 is 0 Å². The highest BCUT2D eigenvalue weighted by atomic mass is 35.5. The molecule has 102 valence electrons. The summed E-state index contributed by atoms with van der Waals surface area (Å²) in [7, 11) is 0. The van der Waals surface area contributed by atoms with Crippen molar-refractivity contribution in [1.29, 1.82) is 0 Å². The number of nitrogens with one attached hydrogen (secondary N) is 1. The topological polar surface area (TPSA) is 54.9 Å². The molecule has 19 heavy (non-hydrogen) atoms. The Morgan fingerprint density at radius 2 is 2.05 bits per heavy atom. The number of aryl methyl sites for hydroxylation is 2. The zero-order valence-corrected chi connectivity index (χ0v) is 12.6. The third kappa shape index (κ3) is 2.67. The average Bonchev–Trinajstić information content (AvgIpc) is 2.64. The van der Waals surface area contributed by atoms with Gasteiger partial charge in [-0.05, 0) is 31.9 Å². The zero-order valence-electron chi connectivity index (χ0n) is 11.0. The van der Waals surface area contributed by atoms with Gasteiger partial charge in [-0.1, -0.05) is 18.5 Å². The summed E-state index contributed by atoms with van der Waals surface area (Å²) in [5, 5.41) is 0.146. The summed E-state index contributed by atoms with van der Waals surface area (Å²) in [5.41, 5.74) is 0.858. The molecule has 2 heterocycles. The quantitative estimate of drug-likeness (QED) is 0.885. The van der Waals surface area contributed by atoms with Gasteiger partial charge in [0.1, 0.15) is 5.15 Å². The van der Waals surface area contributed by atoms with E-state index in [0.717, 1.165) is 4.88 Å². The highest BCUT2D eigenvalue weighted by Gasteiger charge is 2.12. The molecule has 1 N–H and O–H groups in total. The number of aromatic nitrogens is 2. The Labute approximate surface area is 119 Å². The Kier molecular flexibility index (Phi) is 3.96. The largest absolute Gasteiger partial charge is 0.329 e. The van der Waals surface area contributed by atoms with Crippen LogP contribution in [0.5, 0.6) is 0 Å². The first-order valence-corrected chi connectivity index (χ1v) is 7.20. The Morgan fingerprint density at radius 1 is 1.37 bits per heavy atom. The van der Waals surface area contributed by atoms with Crippen LogP contribution in [-0.2, 0) is 13.0 Å². The molecule has 0 saturated carbocycles. The van der Waals surface area contributed by atoms with Crippen molar-refractivity contribution in [1.82, 2.24) is 9.55 Å². The minimum Gasteiger partial charge on any atom is -0.297 e. The van der Waals surface area contributed by atoms with Gasteiger partial charge in [-0.15, -0.1) is 11.3 Å². The molecule has 2 aromatic heterocycles. The van der Waals surface area contributed by atoms with Gasteiger partial charge in [-0.2, -0.15) is 0 Å². The molecule has 0 unspecified atom stereocenters. The zero-order chi connectivity index (χ0) is 14.2. The lowest BCUT2D eigenvalue weighted by Gasteiger charge is -2.06. The fourth-order valence-corrected chi connectivity index (χ4v) is 3.26. The number of halogens is 1. The number of nitrogens with zero attached hydrogens (tertiary/aromatic N) is 1. The normalized spacial score (nSPS) is 10.9. The number of thiophene rings is 1. The molecule has 0 aliphatic carbocycles. The van der Waals surface area contributed by atoms with E-state index in [0.29, 0.717) is 12.0 Å². The van der Waals surface area contributed by atoms with Gasteiger partial charge in [0.05, 0.1) is 12.1 Å². The Morgan fingerprint density at radius 3 is 2.58 bits per heavy atom. The maximum atomic E-state index is 12.2. The first-order valence-electron chi connectivity index (χ1n) is 6.01. The molecule has 2 aromatic rings. The van der Waals surface area contributed by atoms with Crippen molar-refractivity contribution in [2.24, 2.45) is 0 Å². The van der Waals surface area contributed by atoms with E-state index in [-0.39, 0.29) is 17.3 Å². The number of hydrogen-bond donors (Lipinski definition) is 1. The molecule has 0 bridgehead atoms. The third-order valence-corrected chi connectivity index (χ3v) is 4.57. The second-order valence-electron chi connectivity index (χ2n) is 4.42. The summed E-state index contributed by atoms with van der Waals surface area (Å²) in [6.45, 7) is 6.17. The summed E-state index contributed by atoms with van der Waals surface area (Å²) < 4.78 is 1.20. The highest BCUT2D eigenvalue weighted by molar-refractivity contribution is 7.12. The minimum atomic E-state index is -0.462.